The number of aryl methyl sites for hydroxylation is 1. The first-order valence-corrected chi connectivity index (χ1v) is 7.38. The Bertz CT molecular complexity index is 812. The molecule has 2 aromatic carbocycles. The second kappa shape index (κ2) is 6.11. The lowest BCUT2D eigenvalue weighted by molar-refractivity contribution is 0.0991. The van der Waals surface area contributed by atoms with Gasteiger partial charge in [-0.25, -0.2) is 0 Å². The smallest absolute Gasteiger partial charge is 0.313 e. The maximum Gasteiger partial charge on any atom is 0.313 e. The van der Waals surface area contributed by atoms with Gasteiger partial charge in [0.1, 0.15) is 0 Å². The van der Waals surface area contributed by atoms with Gasteiger partial charge in [-0.3, -0.25) is 4.79 Å². The predicted octanol–water partition coefficient (Wildman–Crippen LogP) is 4.06. The van der Waals surface area contributed by atoms with Gasteiger partial charge in [-0.2, -0.15) is 0 Å². The topological polar surface area (TPSA) is 68.0 Å². The Balaban J connectivity index is 1.78. The van der Waals surface area contributed by atoms with Crippen LogP contribution in [-0.2, 0) is 0 Å². The van der Waals surface area contributed by atoms with E-state index in [9.17, 15) is 4.79 Å². The Morgan fingerprint density at radius 2 is 1.91 bits per heavy atom. The number of hydrogen-bond acceptors (Lipinski definition) is 4. The Labute approximate surface area is 135 Å². The molecular formula is C16H12BrN3O2. The molecule has 0 atom stereocenters. The molecule has 22 heavy (non-hydrogen) atoms. The molecule has 110 valence electrons. The first-order valence-electron chi connectivity index (χ1n) is 6.59. The third-order valence-electron chi connectivity index (χ3n) is 3.00. The molecule has 0 aliphatic carbocycles. The van der Waals surface area contributed by atoms with Crippen molar-refractivity contribution in [2.45, 2.75) is 6.92 Å². The van der Waals surface area contributed by atoms with E-state index in [1.54, 1.807) is 12.1 Å². The molecule has 0 aliphatic heterocycles. The van der Waals surface area contributed by atoms with Crippen LogP contribution in [0.3, 0.4) is 0 Å². The van der Waals surface area contributed by atoms with Crippen LogP contribution in [0.25, 0.3) is 11.5 Å². The van der Waals surface area contributed by atoms with Gasteiger partial charge in [0, 0.05) is 15.7 Å². The third kappa shape index (κ3) is 3.23. The number of benzene rings is 2. The van der Waals surface area contributed by atoms with Gasteiger partial charge < -0.3 is 9.73 Å². The highest BCUT2D eigenvalue weighted by molar-refractivity contribution is 9.10. The van der Waals surface area contributed by atoms with Crippen LogP contribution in [0.2, 0.25) is 0 Å². The van der Waals surface area contributed by atoms with E-state index in [0.717, 1.165) is 15.6 Å². The summed E-state index contributed by atoms with van der Waals surface area (Å²) >= 11 is 3.35. The normalized spacial score (nSPS) is 10.5. The number of nitrogens with zero attached hydrogens (tertiary/aromatic N) is 2. The van der Waals surface area contributed by atoms with Crippen molar-refractivity contribution in [3.05, 3.63) is 64.5 Å². The minimum absolute atomic E-state index is 0.0736. The molecular weight excluding hydrogens is 346 g/mol. The maximum absolute atomic E-state index is 12.1. The summed E-state index contributed by atoms with van der Waals surface area (Å²) in [7, 11) is 0. The lowest BCUT2D eigenvalue weighted by Crippen LogP contribution is -2.12. The molecule has 3 rings (SSSR count). The van der Waals surface area contributed by atoms with Crippen LogP contribution < -0.4 is 5.32 Å². The van der Waals surface area contributed by atoms with E-state index in [2.05, 4.69) is 31.4 Å². The largest absolute Gasteiger partial charge is 0.412 e. The minimum Gasteiger partial charge on any atom is -0.412 e. The number of carbonyl (C=O) groups excluding carboxylic acids is 1. The van der Waals surface area contributed by atoms with Gasteiger partial charge in [0.15, 0.2) is 0 Å². The highest BCUT2D eigenvalue weighted by atomic mass is 79.9. The van der Waals surface area contributed by atoms with Crippen molar-refractivity contribution in [1.29, 1.82) is 0 Å². The molecule has 0 aliphatic rings. The van der Waals surface area contributed by atoms with Crippen LogP contribution in [0.15, 0.2) is 57.4 Å². The van der Waals surface area contributed by atoms with Crippen LogP contribution in [0.4, 0.5) is 5.69 Å². The number of rotatable bonds is 3. The van der Waals surface area contributed by atoms with Crippen LogP contribution in [0.1, 0.15) is 16.2 Å². The lowest BCUT2D eigenvalue weighted by Gasteiger charge is -2.02. The molecule has 1 amide bonds. The SMILES string of the molecule is Cc1ccc(-c2nnc(C(=O)Nc3cccc(Br)c3)o2)cc1. The van der Waals surface area contributed by atoms with Crippen molar-refractivity contribution in [2.75, 3.05) is 5.32 Å². The summed E-state index contributed by atoms with van der Waals surface area (Å²) < 4.78 is 6.30. The number of aromatic nitrogens is 2. The number of amides is 1. The zero-order valence-electron chi connectivity index (χ0n) is 11.7. The highest BCUT2D eigenvalue weighted by Gasteiger charge is 2.16. The maximum atomic E-state index is 12.1. The predicted molar refractivity (Wildman–Crippen MR) is 86.6 cm³/mol. The van der Waals surface area contributed by atoms with Crippen LogP contribution in [0, 0.1) is 6.92 Å². The molecule has 1 heterocycles. The first-order chi connectivity index (χ1) is 10.6. The first kappa shape index (κ1) is 14.5. The molecule has 0 unspecified atom stereocenters. The van der Waals surface area contributed by atoms with Crippen LogP contribution in [-0.4, -0.2) is 16.1 Å². The summed E-state index contributed by atoms with van der Waals surface area (Å²) in [6.07, 6.45) is 0. The van der Waals surface area contributed by atoms with E-state index in [1.165, 1.54) is 0 Å². The summed E-state index contributed by atoms with van der Waals surface area (Å²) in [6, 6.07) is 14.9. The third-order valence-corrected chi connectivity index (χ3v) is 3.49. The molecule has 6 heteroatoms. The zero-order valence-corrected chi connectivity index (χ0v) is 13.3. The highest BCUT2D eigenvalue weighted by Crippen LogP contribution is 2.20. The number of halogens is 1. The Morgan fingerprint density at radius 1 is 1.14 bits per heavy atom. The standard InChI is InChI=1S/C16H12BrN3O2/c1-10-5-7-11(8-6-10)15-19-20-16(22-15)14(21)18-13-4-2-3-12(17)9-13/h2-9H,1H3,(H,18,21). The molecule has 1 aromatic heterocycles. The number of nitrogens with one attached hydrogen (secondary N) is 1. The van der Waals surface area contributed by atoms with Crippen LogP contribution in [0.5, 0.6) is 0 Å². The van der Waals surface area contributed by atoms with Gasteiger partial charge in [-0.15, -0.1) is 10.2 Å². The second-order valence-electron chi connectivity index (χ2n) is 4.74. The number of carbonyl (C=O) groups is 1. The summed E-state index contributed by atoms with van der Waals surface area (Å²) in [5, 5.41) is 10.4. The van der Waals surface area contributed by atoms with Crippen LogP contribution >= 0.6 is 15.9 Å². The van der Waals surface area contributed by atoms with Gasteiger partial charge in [-0.1, -0.05) is 39.7 Å². The van der Waals surface area contributed by atoms with Crippen molar-refractivity contribution in [3.8, 4) is 11.5 Å². The number of anilines is 1. The Hall–Kier alpha value is -2.47. The average molecular weight is 358 g/mol. The van der Waals surface area contributed by atoms with Gasteiger partial charge in [0.05, 0.1) is 0 Å². The molecule has 0 saturated heterocycles. The molecule has 0 fully saturated rings. The van der Waals surface area contributed by atoms with Gasteiger partial charge in [0.25, 0.3) is 0 Å². The molecule has 3 aromatic rings. The fourth-order valence-electron chi connectivity index (χ4n) is 1.88. The quantitative estimate of drug-likeness (QED) is 0.767. The van der Waals surface area contributed by atoms with E-state index in [1.807, 2.05) is 43.3 Å². The fraction of sp³-hybridized carbons (Fsp3) is 0.0625. The Kier molecular flexibility index (Phi) is 4.02. The average Bonchev–Trinajstić information content (AvgIpc) is 2.98. The number of hydrogen-bond donors (Lipinski definition) is 1. The molecule has 1 N–H and O–H groups in total. The van der Waals surface area contributed by atoms with E-state index in [0.29, 0.717) is 11.6 Å². The molecule has 0 radical (unpaired) electrons. The van der Waals surface area contributed by atoms with E-state index >= 15 is 0 Å². The van der Waals surface area contributed by atoms with Crippen molar-refractivity contribution in [3.63, 3.8) is 0 Å². The van der Waals surface area contributed by atoms with E-state index < -0.39 is 5.91 Å². The molecule has 0 bridgehead atoms. The van der Waals surface area contributed by atoms with Gasteiger partial charge >= 0.3 is 11.8 Å². The second-order valence-corrected chi connectivity index (χ2v) is 5.66. The molecule has 0 spiro atoms. The zero-order chi connectivity index (χ0) is 15.5. The van der Waals surface area contributed by atoms with Crippen molar-refractivity contribution in [2.24, 2.45) is 0 Å². The van der Waals surface area contributed by atoms with E-state index in [-0.39, 0.29) is 5.89 Å². The fourth-order valence-corrected chi connectivity index (χ4v) is 2.28. The van der Waals surface area contributed by atoms with Crippen molar-refractivity contribution >= 4 is 27.5 Å². The summed E-state index contributed by atoms with van der Waals surface area (Å²) in [5.74, 6) is -0.195. The monoisotopic (exact) mass is 357 g/mol. The van der Waals surface area contributed by atoms with E-state index in [4.69, 9.17) is 4.42 Å². The molecule has 5 nitrogen and oxygen atoms in total. The van der Waals surface area contributed by atoms with Gasteiger partial charge in [0.2, 0.25) is 5.89 Å². The molecule has 0 saturated carbocycles. The Morgan fingerprint density at radius 3 is 2.64 bits per heavy atom. The van der Waals surface area contributed by atoms with Crippen molar-refractivity contribution < 1.29 is 9.21 Å². The summed E-state index contributed by atoms with van der Waals surface area (Å²) in [6.45, 7) is 1.99. The summed E-state index contributed by atoms with van der Waals surface area (Å²) in [4.78, 5) is 12.1. The van der Waals surface area contributed by atoms with Gasteiger partial charge in [-0.05, 0) is 37.3 Å². The minimum atomic E-state index is -0.441. The summed E-state index contributed by atoms with van der Waals surface area (Å²) in [5.41, 5.74) is 2.56. The lowest BCUT2D eigenvalue weighted by atomic mass is 10.1. The van der Waals surface area contributed by atoms with Crippen molar-refractivity contribution in [1.82, 2.24) is 10.2 Å².